The molecule has 0 spiro atoms. The first-order valence-electron chi connectivity index (χ1n) is 7.65. The van der Waals surface area contributed by atoms with Gasteiger partial charge in [0.05, 0.1) is 13.0 Å². The summed E-state index contributed by atoms with van der Waals surface area (Å²) in [4.78, 5) is 10.9. The van der Waals surface area contributed by atoms with E-state index in [9.17, 15) is 4.79 Å². The number of carboxylic acids is 1. The van der Waals surface area contributed by atoms with E-state index in [0.717, 1.165) is 18.6 Å². The summed E-state index contributed by atoms with van der Waals surface area (Å²) < 4.78 is 5.47. The van der Waals surface area contributed by atoms with Crippen LogP contribution in [0.25, 0.3) is 0 Å². The zero-order valence-corrected chi connectivity index (χ0v) is 13.6. The third-order valence-corrected chi connectivity index (χ3v) is 4.50. The van der Waals surface area contributed by atoms with E-state index in [-0.39, 0.29) is 11.3 Å². The Bertz CT molecular complexity index is 528. The second kappa shape index (κ2) is 5.70. The lowest BCUT2D eigenvalue weighted by Crippen LogP contribution is -2.14. The quantitative estimate of drug-likeness (QED) is 0.883. The van der Waals surface area contributed by atoms with Crippen LogP contribution in [-0.4, -0.2) is 18.2 Å². The van der Waals surface area contributed by atoms with E-state index in [4.69, 9.17) is 9.84 Å². The van der Waals surface area contributed by atoms with Gasteiger partial charge in [0, 0.05) is 0 Å². The first kappa shape index (κ1) is 15.9. The fourth-order valence-electron chi connectivity index (χ4n) is 3.02. The van der Waals surface area contributed by atoms with Gasteiger partial charge >= 0.3 is 5.97 Å². The number of methoxy groups -OCH3 is 1. The van der Waals surface area contributed by atoms with Gasteiger partial charge in [-0.15, -0.1) is 0 Å². The molecule has 1 saturated carbocycles. The third-order valence-electron chi connectivity index (χ3n) is 4.50. The maximum Gasteiger partial charge on any atom is 0.306 e. The van der Waals surface area contributed by atoms with E-state index >= 15 is 0 Å². The minimum absolute atomic E-state index is 0.0320. The summed E-state index contributed by atoms with van der Waals surface area (Å²) in [6.45, 7) is 8.73. The minimum Gasteiger partial charge on any atom is -0.496 e. The van der Waals surface area contributed by atoms with Crippen LogP contribution in [0.1, 0.15) is 57.6 Å². The van der Waals surface area contributed by atoms with Crippen LogP contribution in [0.2, 0.25) is 0 Å². The minimum atomic E-state index is -0.641. The van der Waals surface area contributed by atoms with Gasteiger partial charge in [-0.3, -0.25) is 4.79 Å². The van der Waals surface area contributed by atoms with Crippen molar-refractivity contribution in [3.8, 4) is 5.75 Å². The smallest absolute Gasteiger partial charge is 0.306 e. The molecule has 2 rings (SSSR count). The van der Waals surface area contributed by atoms with Crippen molar-refractivity contribution in [2.45, 2.75) is 51.9 Å². The van der Waals surface area contributed by atoms with Crippen molar-refractivity contribution in [3.63, 3.8) is 0 Å². The van der Waals surface area contributed by atoms with Crippen molar-refractivity contribution in [1.82, 2.24) is 0 Å². The normalized spacial score (nSPS) is 22.7. The zero-order chi connectivity index (χ0) is 15.8. The van der Waals surface area contributed by atoms with Crippen LogP contribution in [0, 0.1) is 11.8 Å². The van der Waals surface area contributed by atoms with Gasteiger partial charge in [-0.25, -0.2) is 0 Å². The summed E-state index contributed by atoms with van der Waals surface area (Å²) in [6, 6.07) is 6.37. The Hall–Kier alpha value is -1.51. The highest BCUT2D eigenvalue weighted by Gasteiger charge is 2.43. The molecule has 3 atom stereocenters. The van der Waals surface area contributed by atoms with Gasteiger partial charge in [0.25, 0.3) is 0 Å². The van der Waals surface area contributed by atoms with E-state index in [0.29, 0.717) is 11.8 Å². The van der Waals surface area contributed by atoms with E-state index < -0.39 is 5.97 Å². The van der Waals surface area contributed by atoms with Crippen molar-refractivity contribution in [1.29, 1.82) is 0 Å². The van der Waals surface area contributed by atoms with Crippen molar-refractivity contribution in [2.75, 3.05) is 7.11 Å². The Morgan fingerprint density at radius 3 is 2.57 bits per heavy atom. The molecule has 0 aromatic heterocycles. The predicted molar refractivity (Wildman–Crippen MR) is 84.0 cm³/mol. The Morgan fingerprint density at radius 1 is 1.43 bits per heavy atom. The second-order valence-corrected chi connectivity index (χ2v) is 7.29. The molecule has 21 heavy (non-hydrogen) atoms. The van der Waals surface area contributed by atoms with Crippen LogP contribution in [-0.2, 0) is 10.2 Å². The molecule has 3 unspecified atom stereocenters. The van der Waals surface area contributed by atoms with Crippen molar-refractivity contribution < 1.29 is 14.6 Å². The summed E-state index contributed by atoms with van der Waals surface area (Å²) in [5, 5.41) is 9.01. The lowest BCUT2D eigenvalue weighted by atomic mass is 9.83. The third kappa shape index (κ3) is 3.58. The molecule has 0 amide bonds. The summed E-state index contributed by atoms with van der Waals surface area (Å²) in [5.74, 6) is 0.891. The number of carboxylic acid groups (broad SMARTS) is 1. The molecule has 1 fully saturated rings. The maximum atomic E-state index is 10.9. The van der Waals surface area contributed by atoms with E-state index in [2.05, 4.69) is 39.8 Å². The number of hydrogen-bond donors (Lipinski definition) is 1. The van der Waals surface area contributed by atoms with Crippen molar-refractivity contribution >= 4 is 5.97 Å². The zero-order valence-electron chi connectivity index (χ0n) is 13.6. The van der Waals surface area contributed by atoms with Crippen LogP contribution >= 0.6 is 0 Å². The van der Waals surface area contributed by atoms with Crippen molar-refractivity contribution in [2.24, 2.45) is 11.8 Å². The highest BCUT2D eigenvalue weighted by atomic mass is 16.5. The van der Waals surface area contributed by atoms with Gasteiger partial charge in [-0.2, -0.15) is 0 Å². The Morgan fingerprint density at radius 2 is 2.10 bits per heavy atom. The van der Waals surface area contributed by atoms with E-state index in [1.54, 1.807) is 7.11 Å². The van der Waals surface area contributed by atoms with Crippen LogP contribution in [0.15, 0.2) is 18.2 Å². The first-order valence-corrected chi connectivity index (χ1v) is 7.65. The van der Waals surface area contributed by atoms with E-state index in [1.165, 1.54) is 11.1 Å². The average Bonchev–Trinajstić information content (AvgIpc) is 3.16. The number of aliphatic carboxylic acids is 1. The van der Waals surface area contributed by atoms with Gasteiger partial charge in [0.15, 0.2) is 0 Å². The van der Waals surface area contributed by atoms with Crippen molar-refractivity contribution in [3.05, 3.63) is 29.3 Å². The molecule has 1 aromatic carbocycles. The molecule has 1 aliphatic rings. The molecule has 1 N–H and O–H groups in total. The average molecular weight is 290 g/mol. The molecule has 0 aliphatic heterocycles. The number of benzene rings is 1. The Kier molecular flexibility index (Phi) is 4.31. The summed E-state index contributed by atoms with van der Waals surface area (Å²) >= 11 is 0. The fourth-order valence-corrected chi connectivity index (χ4v) is 3.02. The Balaban J connectivity index is 2.15. The molecule has 0 saturated heterocycles. The highest BCUT2D eigenvalue weighted by molar-refractivity contribution is 5.73. The number of ether oxygens (including phenoxy) is 1. The largest absolute Gasteiger partial charge is 0.496 e. The van der Waals surface area contributed by atoms with Gasteiger partial charge in [-0.1, -0.05) is 39.8 Å². The molecule has 116 valence electrons. The van der Waals surface area contributed by atoms with Gasteiger partial charge in [0.2, 0.25) is 0 Å². The summed E-state index contributed by atoms with van der Waals surface area (Å²) in [5.41, 5.74) is 2.52. The molecule has 3 heteroatoms. The van der Waals surface area contributed by atoms with Crippen LogP contribution < -0.4 is 4.74 Å². The lowest BCUT2D eigenvalue weighted by Gasteiger charge is -2.24. The monoisotopic (exact) mass is 290 g/mol. The summed E-state index contributed by atoms with van der Waals surface area (Å²) in [7, 11) is 1.70. The molecular formula is C18H26O3. The van der Waals surface area contributed by atoms with Crippen LogP contribution in [0.5, 0.6) is 5.75 Å². The molecule has 3 nitrogen and oxygen atoms in total. The second-order valence-electron chi connectivity index (χ2n) is 7.29. The highest BCUT2D eigenvalue weighted by Crippen LogP contribution is 2.45. The SMILES string of the molecule is COc1ccc(C(C)CC2CC2C(=O)O)cc1C(C)(C)C. The van der Waals surface area contributed by atoms with Gasteiger partial charge < -0.3 is 9.84 Å². The van der Waals surface area contributed by atoms with Crippen LogP contribution in [0.3, 0.4) is 0 Å². The number of rotatable bonds is 5. The molecule has 0 heterocycles. The predicted octanol–water partition coefficient (Wildman–Crippen LogP) is 4.21. The number of hydrogen-bond acceptors (Lipinski definition) is 2. The number of carbonyl (C=O) groups is 1. The van der Waals surface area contributed by atoms with E-state index in [1.807, 2.05) is 6.07 Å². The standard InChI is InChI=1S/C18H26O3/c1-11(8-13-9-14(13)17(19)20)12-6-7-16(21-5)15(10-12)18(2,3)4/h6-7,10-11,13-14H,8-9H2,1-5H3,(H,19,20). The maximum absolute atomic E-state index is 10.9. The molecular weight excluding hydrogens is 264 g/mol. The van der Waals surface area contributed by atoms with Gasteiger partial charge in [0.1, 0.15) is 5.75 Å². The summed E-state index contributed by atoms with van der Waals surface area (Å²) in [6.07, 6.45) is 1.79. The topological polar surface area (TPSA) is 46.5 Å². The lowest BCUT2D eigenvalue weighted by molar-refractivity contribution is -0.138. The molecule has 0 radical (unpaired) electrons. The van der Waals surface area contributed by atoms with Gasteiger partial charge in [-0.05, 0) is 47.3 Å². The fraction of sp³-hybridized carbons (Fsp3) is 0.611. The molecule has 0 bridgehead atoms. The Labute approximate surface area is 127 Å². The molecule has 1 aliphatic carbocycles. The van der Waals surface area contributed by atoms with Crippen LogP contribution in [0.4, 0.5) is 0 Å². The molecule has 1 aromatic rings. The first-order chi connectivity index (χ1) is 9.74.